The van der Waals surface area contributed by atoms with Gasteiger partial charge in [0.15, 0.2) is 28.9 Å². The molecule has 3 aliphatic rings. The zero-order valence-electron chi connectivity index (χ0n) is 17.4. The predicted octanol–water partition coefficient (Wildman–Crippen LogP) is 2.58. The lowest BCUT2D eigenvalue weighted by atomic mass is 9.98. The van der Waals surface area contributed by atoms with Crippen LogP contribution in [0.25, 0.3) is 11.2 Å². The van der Waals surface area contributed by atoms with Gasteiger partial charge in [-0.2, -0.15) is 9.97 Å². The van der Waals surface area contributed by atoms with Crippen molar-refractivity contribution < 1.29 is 27.3 Å². The van der Waals surface area contributed by atoms with Crippen molar-refractivity contribution in [2.24, 2.45) is 0 Å². The minimum absolute atomic E-state index is 0.0699. The standard InChI is InChI=1S/C18H26FN6O5P/c1-3-4-8-27-31(26)28-9-11-13(30-31)18(2,19)16(29-11)25-10-21-12-14(24-6-5-7-24)22-17(20)23-15(12)25/h10-11,13,16H,3-9H2,1-2H3,(H2,20,22,23)/t11-,13-,16-,18-,31?/m1/s1. The number of nitrogens with zero attached hydrogens (tertiary/aromatic N) is 5. The molecule has 2 N–H and O–H groups in total. The fraction of sp³-hybridized carbons (Fsp3) is 0.722. The normalized spacial score (nSPS) is 35.3. The van der Waals surface area contributed by atoms with Crippen molar-refractivity contribution >= 4 is 30.8 Å². The molecule has 3 saturated heterocycles. The molecule has 11 nitrogen and oxygen atoms in total. The number of unbranched alkanes of at least 4 members (excludes halogenated alkanes) is 1. The van der Waals surface area contributed by atoms with E-state index < -0.39 is 31.9 Å². The number of hydrogen-bond acceptors (Lipinski definition) is 10. The van der Waals surface area contributed by atoms with Crippen LogP contribution in [0.2, 0.25) is 0 Å². The summed E-state index contributed by atoms with van der Waals surface area (Å²) in [5, 5.41) is 0. The first kappa shape index (κ1) is 21.0. The molecule has 0 amide bonds. The summed E-state index contributed by atoms with van der Waals surface area (Å²) in [6.45, 7) is 5.12. The molecule has 0 aliphatic carbocycles. The largest absolute Gasteiger partial charge is 0.475 e. The van der Waals surface area contributed by atoms with Gasteiger partial charge in [0.2, 0.25) is 5.95 Å². The van der Waals surface area contributed by atoms with Crippen molar-refractivity contribution in [1.82, 2.24) is 19.5 Å². The van der Waals surface area contributed by atoms with E-state index in [1.54, 1.807) is 0 Å². The topological polar surface area (TPSA) is 127 Å². The maximum Gasteiger partial charge on any atom is 0.475 e. The number of phosphoric ester groups is 1. The van der Waals surface area contributed by atoms with E-state index in [2.05, 4.69) is 15.0 Å². The van der Waals surface area contributed by atoms with Crippen LogP contribution in [0, 0.1) is 0 Å². The molecular formula is C18H26FN6O5P. The first-order valence-corrected chi connectivity index (χ1v) is 12.0. The van der Waals surface area contributed by atoms with Crippen LogP contribution in [0.3, 0.4) is 0 Å². The van der Waals surface area contributed by atoms with Gasteiger partial charge in [-0.15, -0.1) is 0 Å². The number of halogens is 1. The molecule has 170 valence electrons. The average molecular weight is 456 g/mol. The number of rotatable bonds is 6. The van der Waals surface area contributed by atoms with Crippen LogP contribution in [0.5, 0.6) is 0 Å². The van der Waals surface area contributed by atoms with Crippen molar-refractivity contribution in [2.45, 2.75) is 57.2 Å². The number of alkyl halides is 1. The summed E-state index contributed by atoms with van der Waals surface area (Å²) >= 11 is 0. The Bertz CT molecular complexity index is 1030. The number of imidazole rings is 1. The summed E-state index contributed by atoms with van der Waals surface area (Å²) in [5.74, 6) is 0.692. The van der Waals surface area contributed by atoms with E-state index in [0.717, 1.165) is 25.9 Å². The smallest absolute Gasteiger partial charge is 0.368 e. The number of nitrogen functional groups attached to an aromatic ring is 1. The summed E-state index contributed by atoms with van der Waals surface area (Å²) in [4.78, 5) is 15.1. The Balaban J connectivity index is 1.45. The van der Waals surface area contributed by atoms with E-state index in [1.807, 2.05) is 11.8 Å². The molecule has 1 unspecified atom stereocenters. The van der Waals surface area contributed by atoms with Crippen molar-refractivity contribution in [1.29, 1.82) is 0 Å². The highest BCUT2D eigenvalue weighted by Crippen LogP contribution is 2.59. The van der Waals surface area contributed by atoms with Crippen molar-refractivity contribution in [3.05, 3.63) is 6.33 Å². The maximum absolute atomic E-state index is 16.1. The summed E-state index contributed by atoms with van der Waals surface area (Å²) in [6.07, 6.45) is 1.04. The Morgan fingerprint density at radius 2 is 2.23 bits per heavy atom. The Kier molecular flexibility index (Phi) is 5.17. The lowest BCUT2D eigenvalue weighted by Gasteiger charge is -2.33. The number of phosphoric acid groups is 1. The first-order chi connectivity index (χ1) is 14.8. The van der Waals surface area contributed by atoms with E-state index in [1.165, 1.54) is 17.8 Å². The molecule has 3 fully saturated rings. The van der Waals surface area contributed by atoms with Gasteiger partial charge in [-0.1, -0.05) is 13.3 Å². The molecule has 2 aromatic heterocycles. The molecule has 0 spiro atoms. The predicted molar refractivity (Wildman–Crippen MR) is 109 cm³/mol. The van der Waals surface area contributed by atoms with Gasteiger partial charge in [0.1, 0.15) is 12.2 Å². The molecule has 3 aliphatic heterocycles. The Morgan fingerprint density at radius 1 is 1.42 bits per heavy atom. The molecular weight excluding hydrogens is 430 g/mol. The van der Waals surface area contributed by atoms with Crippen molar-refractivity contribution in [3.63, 3.8) is 0 Å². The number of aromatic nitrogens is 4. The fourth-order valence-corrected chi connectivity index (χ4v) is 5.57. The molecule has 31 heavy (non-hydrogen) atoms. The number of fused-ring (bicyclic) bond motifs is 2. The van der Waals surface area contributed by atoms with Crippen LogP contribution in [0.1, 0.15) is 39.3 Å². The van der Waals surface area contributed by atoms with E-state index in [9.17, 15) is 4.57 Å². The van der Waals surface area contributed by atoms with Gasteiger partial charge in [-0.3, -0.25) is 18.1 Å². The van der Waals surface area contributed by atoms with Gasteiger partial charge in [-0.25, -0.2) is 13.9 Å². The number of anilines is 2. The van der Waals surface area contributed by atoms with E-state index in [4.69, 9.17) is 24.0 Å². The highest BCUT2D eigenvalue weighted by molar-refractivity contribution is 7.48. The summed E-state index contributed by atoms with van der Waals surface area (Å²) < 4.78 is 52.4. The van der Waals surface area contributed by atoms with Gasteiger partial charge < -0.3 is 15.4 Å². The van der Waals surface area contributed by atoms with E-state index in [0.29, 0.717) is 23.4 Å². The molecule has 5 atom stereocenters. The second-order valence-electron chi connectivity index (χ2n) is 8.20. The van der Waals surface area contributed by atoms with Crippen LogP contribution in [0.4, 0.5) is 16.2 Å². The van der Waals surface area contributed by atoms with E-state index >= 15 is 4.39 Å². The van der Waals surface area contributed by atoms with Crippen LogP contribution in [0.15, 0.2) is 6.33 Å². The minimum atomic E-state index is -3.87. The maximum atomic E-state index is 16.1. The van der Waals surface area contributed by atoms with Gasteiger partial charge >= 0.3 is 7.82 Å². The Labute approximate surface area is 178 Å². The molecule has 13 heteroatoms. The molecule has 0 radical (unpaired) electrons. The van der Waals surface area contributed by atoms with Crippen molar-refractivity contribution in [3.8, 4) is 0 Å². The van der Waals surface area contributed by atoms with Crippen LogP contribution in [-0.2, 0) is 22.9 Å². The van der Waals surface area contributed by atoms with Crippen LogP contribution in [-0.4, -0.2) is 63.7 Å². The third-order valence-electron chi connectivity index (χ3n) is 5.90. The highest BCUT2D eigenvalue weighted by Gasteiger charge is 2.61. The highest BCUT2D eigenvalue weighted by atomic mass is 31.2. The minimum Gasteiger partial charge on any atom is -0.368 e. The van der Waals surface area contributed by atoms with Crippen molar-refractivity contribution in [2.75, 3.05) is 36.9 Å². The van der Waals surface area contributed by atoms with Gasteiger partial charge in [0.05, 0.1) is 19.5 Å². The Morgan fingerprint density at radius 3 is 2.94 bits per heavy atom. The molecule has 0 saturated carbocycles. The molecule has 5 heterocycles. The third kappa shape index (κ3) is 3.50. The SMILES string of the molecule is CCCCOP1(=O)OC[C@H]2O[C@@H](n3cnc4c(N5CCC5)nc(N)nc43)[C@](C)(F)[C@@H]2O1. The van der Waals surface area contributed by atoms with Gasteiger partial charge in [0.25, 0.3) is 0 Å². The van der Waals surface area contributed by atoms with Gasteiger partial charge in [0, 0.05) is 13.1 Å². The van der Waals surface area contributed by atoms with Gasteiger partial charge in [-0.05, 0) is 19.8 Å². The second kappa shape index (κ2) is 7.63. The molecule has 0 aromatic carbocycles. The zero-order valence-corrected chi connectivity index (χ0v) is 18.3. The molecule has 0 bridgehead atoms. The lowest BCUT2D eigenvalue weighted by molar-refractivity contribution is -0.0707. The Hall–Kier alpha value is -1.85. The number of nitrogens with two attached hydrogens (primary N) is 1. The van der Waals surface area contributed by atoms with Crippen LogP contribution < -0.4 is 10.6 Å². The number of ether oxygens (including phenoxy) is 1. The zero-order chi connectivity index (χ0) is 21.8. The number of hydrogen-bond donors (Lipinski definition) is 1. The monoisotopic (exact) mass is 456 g/mol. The lowest BCUT2D eigenvalue weighted by Crippen LogP contribution is -2.44. The molecule has 2 aromatic rings. The van der Waals surface area contributed by atoms with Crippen LogP contribution >= 0.6 is 7.82 Å². The quantitative estimate of drug-likeness (QED) is 0.512. The summed E-state index contributed by atoms with van der Waals surface area (Å²) in [7, 11) is -3.87. The van der Waals surface area contributed by atoms with E-state index in [-0.39, 0.29) is 19.2 Å². The fourth-order valence-electron chi connectivity index (χ4n) is 4.07. The summed E-state index contributed by atoms with van der Waals surface area (Å²) in [6, 6.07) is 0. The third-order valence-corrected chi connectivity index (χ3v) is 7.35. The average Bonchev–Trinajstić information content (AvgIpc) is 3.19. The molecule has 5 rings (SSSR count). The second-order valence-corrected chi connectivity index (χ2v) is 9.83. The first-order valence-electron chi connectivity index (χ1n) is 10.5. The summed E-state index contributed by atoms with van der Waals surface area (Å²) in [5.41, 5.74) is 4.76.